The lowest BCUT2D eigenvalue weighted by Gasteiger charge is -2.07. The summed E-state index contributed by atoms with van der Waals surface area (Å²) < 4.78 is 1.81. The van der Waals surface area contributed by atoms with Crippen LogP contribution in [0.3, 0.4) is 0 Å². The first-order valence-electron chi connectivity index (χ1n) is 4.51. The zero-order valence-corrected chi connectivity index (χ0v) is 8.14. The lowest BCUT2D eigenvalue weighted by molar-refractivity contribution is 0.112. The van der Waals surface area contributed by atoms with Gasteiger partial charge in [-0.2, -0.15) is 5.10 Å². The van der Waals surface area contributed by atoms with Gasteiger partial charge in [-0.15, -0.1) is 0 Å². The molecule has 2 heterocycles. The van der Waals surface area contributed by atoms with Crippen LogP contribution in [0.15, 0.2) is 18.5 Å². The van der Waals surface area contributed by atoms with Crippen molar-refractivity contribution >= 4 is 17.3 Å². The number of fused-ring (bicyclic) bond motifs is 1. The molecule has 0 atom stereocenters. The largest absolute Gasteiger partial charge is 0.298 e. The third kappa shape index (κ3) is 1.19. The zero-order valence-electron chi connectivity index (χ0n) is 8.14. The fraction of sp³-hybridized carbons (Fsp3) is 0.300. The maximum absolute atomic E-state index is 10.8. The van der Waals surface area contributed by atoms with Crippen LogP contribution in [0.5, 0.6) is 0 Å². The Balaban J connectivity index is 2.80. The van der Waals surface area contributed by atoms with Crippen molar-refractivity contribution in [2.45, 2.75) is 19.9 Å². The Kier molecular flexibility index (Phi) is 2.04. The standard InChI is InChI=1S/C10H11N3O/c1-7(2)13-10-8(6-14)3-4-11-9(10)5-12-13/h3-7H,1-2H3. The van der Waals surface area contributed by atoms with Crippen LogP contribution in [-0.4, -0.2) is 21.1 Å². The van der Waals surface area contributed by atoms with Gasteiger partial charge in [-0.25, -0.2) is 0 Å². The van der Waals surface area contributed by atoms with Crippen LogP contribution < -0.4 is 0 Å². The van der Waals surface area contributed by atoms with E-state index in [-0.39, 0.29) is 6.04 Å². The zero-order chi connectivity index (χ0) is 10.1. The van der Waals surface area contributed by atoms with E-state index in [0.29, 0.717) is 5.56 Å². The molecule has 72 valence electrons. The molecule has 0 aliphatic rings. The Bertz CT molecular complexity index is 473. The van der Waals surface area contributed by atoms with E-state index in [9.17, 15) is 4.79 Å². The van der Waals surface area contributed by atoms with Crippen molar-refractivity contribution < 1.29 is 4.79 Å². The molecule has 2 aromatic heterocycles. The Morgan fingerprint density at radius 1 is 1.50 bits per heavy atom. The van der Waals surface area contributed by atoms with Crippen LogP contribution in [0.25, 0.3) is 11.0 Å². The number of hydrogen-bond donors (Lipinski definition) is 0. The van der Waals surface area contributed by atoms with Gasteiger partial charge in [-0.05, 0) is 19.9 Å². The van der Waals surface area contributed by atoms with E-state index < -0.39 is 0 Å². The second kappa shape index (κ2) is 3.21. The van der Waals surface area contributed by atoms with Gasteiger partial charge in [0.2, 0.25) is 0 Å². The summed E-state index contributed by atoms with van der Waals surface area (Å²) in [6.45, 7) is 4.04. The van der Waals surface area contributed by atoms with Crippen molar-refractivity contribution in [3.8, 4) is 0 Å². The molecule has 0 saturated carbocycles. The molecule has 0 aromatic carbocycles. The number of hydrogen-bond acceptors (Lipinski definition) is 3. The summed E-state index contributed by atoms with van der Waals surface area (Å²) in [5.41, 5.74) is 2.22. The van der Waals surface area contributed by atoms with Gasteiger partial charge in [0.15, 0.2) is 6.29 Å². The highest BCUT2D eigenvalue weighted by Crippen LogP contribution is 2.18. The van der Waals surface area contributed by atoms with Crippen molar-refractivity contribution in [1.29, 1.82) is 0 Å². The maximum Gasteiger partial charge on any atom is 0.152 e. The van der Waals surface area contributed by atoms with Gasteiger partial charge in [0.25, 0.3) is 0 Å². The number of carbonyl (C=O) groups excluding carboxylic acids is 1. The predicted octanol–water partition coefficient (Wildman–Crippen LogP) is 1.82. The van der Waals surface area contributed by atoms with E-state index in [2.05, 4.69) is 10.1 Å². The normalized spacial score (nSPS) is 11.1. The molecule has 0 fully saturated rings. The van der Waals surface area contributed by atoms with E-state index in [1.54, 1.807) is 18.5 Å². The van der Waals surface area contributed by atoms with Gasteiger partial charge < -0.3 is 0 Å². The maximum atomic E-state index is 10.8. The lowest BCUT2D eigenvalue weighted by Crippen LogP contribution is -2.04. The summed E-state index contributed by atoms with van der Waals surface area (Å²) in [4.78, 5) is 15.0. The number of pyridine rings is 1. The molecule has 0 bridgehead atoms. The van der Waals surface area contributed by atoms with Crippen LogP contribution in [0.1, 0.15) is 30.2 Å². The summed E-state index contributed by atoms with van der Waals surface area (Å²) in [7, 11) is 0. The predicted molar refractivity (Wildman–Crippen MR) is 53.3 cm³/mol. The van der Waals surface area contributed by atoms with Gasteiger partial charge in [0.05, 0.1) is 11.7 Å². The monoisotopic (exact) mass is 189 g/mol. The molecular formula is C10H11N3O. The van der Waals surface area contributed by atoms with Gasteiger partial charge in [0.1, 0.15) is 5.52 Å². The highest BCUT2D eigenvalue weighted by Gasteiger charge is 2.10. The summed E-state index contributed by atoms with van der Waals surface area (Å²) in [5.74, 6) is 0. The molecule has 0 amide bonds. The van der Waals surface area contributed by atoms with Crippen LogP contribution in [0.2, 0.25) is 0 Å². The van der Waals surface area contributed by atoms with Crippen molar-refractivity contribution in [3.63, 3.8) is 0 Å². The SMILES string of the molecule is CC(C)n1ncc2nccc(C=O)c21. The Morgan fingerprint density at radius 2 is 2.29 bits per heavy atom. The molecule has 0 aliphatic carbocycles. The smallest absolute Gasteiger partial charge is 0.152 e. The molecule has 4 heteroatoms. The Hall–Kier alpha value is -1.71. The fourth-order valence-electron chi connectivity index (χ4n) is 1.49. The first-order valence-corrected chi connectivity index (χ1v) is 4.51. The number of carbonyl (C=O) groups is 1. The lowest BCUT2D eigenvalue weighted by atomic mass is 10.2. The summed E-state index contributed by atoms with van der Waals surface area (Å²) >= 11 is 0. The minimum atomic E-state index is 0.232. The molecular weight excluding hydrogens is 178 g/mol. The van der Waals surface area contributed by atoms with Crippen molar-refractivity contribution in [3.05, 3.63) is 24.0 Å². The molecule has 0 N–H and O–H groups in total. The molecule has 0 spiro atoms. The van der Waals surface area contributed by atoms with Crippen LogP contribution in [-0.2, 0) is 0 Å². The van der Waals surface area contributed by atoms with E-state index in [4.69, 9.17) is 0 Å². The second-order valence-corrected chi connectivity index (χ2v) is 3.43. The van der Waals surface area contributed by atoms with Gasteiger partial charge >= 0.3 is 0 Å². The molecule has 0 unspecified atom stereocenters. The third-order valence-electron chi connectivity index (χ3n) is 2.13. The average molecular weight is 189 g/mol. The van der Waals surface area contributed by atoms with Crippen LogP contribution in [0.4, 0.5) is 0 Å². The van der Waals surface area contributed by atoms with Gasteiger partial charge in [-0.3, -0.25) is 14.5 Å². The summed E-state index contributed by atoms with van der Waals surface area (Å²) in [5, 5.41) is 4.20. The molecule has 0 aliphatic heterocycles. The highest BCUT2D eigenvalue weighted by atomic mass is 16.1. The van der Waals surface area contributed by atoms with Crippen molar-refractivity contribution in [1.82, 2.24) is 14.8 Å². The first kappa shape index (κ1) is 8.87. The van der Waals surface area contributed by atoms with Crippen LogP contribution in [0, 0.1) is 0 Å². The molecule has 14 heavy (non-hydrogen) atoms. The summed E-state index contributed by atoms with van der Waals surface area (Å²) in [6.07, 6.45) is 4.14. The second-order valence-electron chi connectivity index (χ2n) is 3.43. The molecule has 0 saturated heterocycles. The average Bonchev–Trinajstić information content (AvgIpc) is 2.60. The fourth-order valence-corrected chi connectivity index (χ4v) is 1.49. The van der Waals surface area contributed by atoms with E-state index >= 15 is 0 Å². The highest BCUT2D eigenvalue weighted by molar-refractivity contribution is 5.93. The summed E-state index contributed by atoms with van der Waals surface area (Å²) in [6, 6.07) is 1.94. The number of aldehydes is 1. The minimum Gasteiger partial charge on any atom is -0.298 e. The van der Waals surface area contributed by atoms with Crippen molar-refractivity contribution in [2.75, 3.05) is 0 Å². The number of rotatable bonds is 2. The minimum absolute atomic E-state index is 0.232. The van der Waals surface area contributed by atoms with Gasteiger partial charge in [-0.1, -0.05) is 0 Å². The molecule has 2 aromatic rings. The first-order chi connectivity index (χ1) is 6.74. The topological polar surface area (TPSA) is 47.8 Å². The molecule has 2 rings (SSSR count). The van der Waals surface area contributed by atoms with Gasteiger partial charge in [0, 0.05) is 17.8 Å². The van der Waals surface area contributed by atoms with E-state index in [1.807, 2.05) is 18.5 Å². The Morgan fingerprint density at radius 3 is 2.93 bits per heavy atom. The number of aromatic nitrogens is 3. The molecule has 4 nitrogen and oxygen atoms in total. The van der Waals surface area contributed by atoms with E-state index in [0.717, 1.165) is 17.3 Å². The quantitative estimate of drug-likeness (QED) is 0.677. The van der Waals surface area contributed by atoms with Crippen LogP contribution >= 0.6 is 0 Å². The van der Waals surface area contributed by atoms with E-state index in [1.165, 1.54) is 0 Å². The van der Waals surface area contributed by atoms with Crippen molar-refractivity contribution in [2.24, 2.45) is 0 Å². The third-order valence-corrected chi connectivity index (χ3v) is 2.13. The molecule has 0 radical (unpaired) electrons. The number of nitrogens with zero attached hydrogens (tertiary/aromatic N) is 3. The Labute approximate surface area is 81.6 Å².